The van der Waals surface area contributed by atoms with E-state index in [-0.39, 0.29) is 0 Å². The van der Waals surface area contributed by atoms with Crippen molar-refractivity contribution in [1.82, 2.24) is 5.32 Å². The van der Waals surface area contributed by atoms with Gasteiger partial charge in [0.05, 0.1) is 0 Å². The lowest BCUT2D eigenvalue weighted by atomic mass is 10.1. The minimum absolute atomic E-state index is 0.693. The predicted octanol–water partition coefficient (Wildman–Crippen LogP) is 3.97. The third-order valence-corrected chi connectivity index (χ3v) is 4.85. The predicted molar refractivity (Wildman–Crippen MR) is 82.0 cm³/mol. The molecule has 2 fully saturated rings. The summed E-state index contributed by atoms with van der Waals surface area (Å²) in [5.41, 5.74) is 2.58. The number of benzene rings is 1. The van der Waals surface area contributed by atoms with Crippen LogP contribution in [-0.2, 0) is 6.54 Å². The van der Waals surface area contributed by atoms with Crippen LogP contribution in [0.5, 0.6) is 0 Å². The van der Waals surface area contributed by atoms with Crippen LogP contribution in [0.2, 0.25) is 5.02 Å². The van der Waals surface area contributed by atoms with Crippen molar-refractivity contribution in [1.29, 1.82) is 0 Å². The van der Waals surface area contributed by atoms with Crippen molar-refractivity contribution in [2.75, 3.05) is 11.9 Å². The summed E-state index contributed by atoms with van der Waals surface area (Å²) >= 11 is 6.42. The molecule has 0 aromatic heterocycles. The Kier molecular flexibility index (Phi) is 3.99. The first-order chi connectivity index (χ1) is 9.25. The molecule has 0 saturated heterocycles. The van der Waals surface area contributed by atoms with Crippen LogP contribution in [-0.4, -0.2) is 19.1 Å². The molecule has 0 heterocycles. The number of hydrogen-bond donors (Lipinski definition) is 1. The van der Waals surface area contributed by atoms with Gasteiger partial charge in [-0.3, -0.25) is 0 Å². The van der Waals surface area contributed by atoms with Crippen LogP contribution < -0.4 is 10.2 Å². The summed E-state index contributed by atoms with van der Waals surface area (Å²) in [5, 5.41) is 4.49. The maximum absolute atomic E-state index is 6.42. The van der Waals surface area contributed by atoms with Gasteiger partial charge in [0.15, 0.2) is 0 Å². The first-order valence-corrected chi connectivity index (χ1v) is 7.87. The van der Waals surface area contributed by atoms with Crippen LogP contribution in [0.25, 0.3) is 0 Å². The average molecular weight is 279 g/mol. The fraction of sp³-hybridized carbons (Fsp3) is 0.625. The standard InChI is InChI=1S/C16H23ClN2/c1-19(13-5-2-3-6-13)16-8-4-7-15(17)14(16)11-18-12-9-10-12/h4,7-8,12-13,18H,2-3,5-6,9-11H2,1H3. The van der Waals surface area contributed by atoms with E-state index >= 15 is 0 Å². The molecule has 104 valence electrons. The smallest absolute Gasteiger partial charge is 0.0471 e. The van der Waals surface area contributed by atoms with Crippen LogP contribution in [0, 0.1) is 0 Å². The first kappa shape index (κ1) is 13.3. The molecule has 19 heavy (non-hydrogen) atoms. The number of rotatable bonds is 5. The van der Waals surface area contributed by atoms with Gasteiger partial charge in [-0.2, -0.15) is 0 Å². The summed E-state index contributed by atoms with van der Waals surface area (Å²) in [6, 6.07) is 7.72. The van der Waals surface area contributed by atoms with Crippen molar-refractivity contribution in [3.8, 4) is 0 Å². The van der Waals surface area contributed by atoms with Crippen molar-refractivity contribution >= 4 is 17.3 Å². The number of nitrogens with zero attached hydrogens (tertiary/aromatic N) is 1. The summed E-state index contributed by atoms with van der Waals surface area (Å²) < 4.78 is 0. The van der Waals surface area contributed by atoms with Crippen molar-refractivity contribution in [2.45, 2.75) is 57.2 Å². The fourth-order valence-corrected chi connectivity index (χ4v) is 3.31. The zero-order valence-corrected chi connectivity index (χ0v) is 12.4. The molecule has 2 aliphatic rings. The summed E-state index contributed by atoms with van der Waals surface area (Å²) in [6.07, 6.45) is 8.00. The molecule has 0 atom stereocenters. The van der Waals surface area contributed by atoms with E-state index in [0.29, 0.717) is 6.04 Å². The molecule has 0 bridgehead atoms. The molecule has 2 nitrogen and oxygen atoms in total. The highest BCUT2D eigenvalue weighted by atomic mass is 35.5. The van der Waals surface area contributed by atoms with Gasteiger partial charge in [0, 0.05) is 41.9 Å². The minimum atomic E-state index is 0.693. The zero-order valence-electron chi connectivity index (χ0n) is 11.7. The first-order valence-electron chi connectivity index (χ1n) is 7.49. The topological polar surface area (TPSA) is 15.3 Å². The van der Waals surface area contributed by atoms with E-state index in [9.17, 15) is 0 Å². The Balaban J connectivity index is 1.79. The molecule has 0 spiro atoms. The summed E-state index contributed by atoms with van der Waals surface area (Å²) in [5.74, 6) is 0. The molecular weight excluding hydrogens is 256 g/mol. The Morgan fingerprint density at radius 2 is 1.95 bits per heavy atom. The largest absolute Gasteiger partial charge is 0.371 e. The molecule has 2 aliphatic carbocycles. The number of halogens is 1. The second-order valence-electron chi connectivity index (χ2n) is 5.94. The minimum Gasteiger partial charge on any atom is -0.371 e. The van der Waals surface area contributed by atoms with Gasteiger partial charge in [-0.15, -0.1) is 0 Å². The molecule has 3 rings (SSSR count). The fourth-order valence-electron chi connectivity index (χ4n) is 3.07. The number of anilines is 1. The highest BCUT2D eigenvalue weighted by molar-refractivity contribution is 6.31. The van der Waals surface area contributed by atoms with E-state index in [2.05, 4.69) is 29.4 Å². The Bertz CT molecular complexity index is 436. The summed E-state index contributed by atoms with van der Waals surface area (Å²) in [7, 11) is 2.22. The Hall–Kier alpha value is -0.730. The molecule has 0 aliphatic heterocycles. The Morgan fingerprint density at radius 1 is 1.21 bits per heavy atom. The molecule has 3 heteroatoms. The average Bonchev–Trinajstić information content (AvgIpc) is 3.08. The number of nitrogens with one attached hydrogen (secondary N) is 1. The third-order valence-electron chi connectivity index (χ3n) is 4.49. The van der Waals surface area contributed by atoms with Crippen LogP contribution in [0.1, 0.15) is 44.1 Å². The molecular formula is C16H23ClN2. The van der Waals surface area contributed by atoms with Crippen molar-refractivity contribution in [3.05, 3.63) is 28.8 Å². The van der Waals surface area contributed by atoms with E-state index in [0.717, 1.165) is 17.6 Å². The lowest BCUT2D eigenvalue weighted by Crippen LogP contribution is -2.30. The van der Waals surface area contributed by atoms with Crippen molar-refractivity contribution in [3.63, 3.8) is 0 Å². The second kappa shape index (κ2) is 5.72. The van der Waals surface area contributed by atoms with Gasteiger partial charge >= 0.3 is 0 Å². The molecule has 0 unspecified atom stereocenters. The van der Waals surface area contributed by atoms with Gasteiger partial charge in [-0.05, 0) is 37.8 Å². The third kappa shape index (κ3) is 3.06. The van der Waals surface area contributed by atoms with Crippen LogP contribution in [0.15, 0.2) is 18.2 Å². The van der Waals surface area contributed by atoms with Gasteiger partial charge in [0.2, 0.25) is 0 Å². The zero-order chi connectivity index (χ0) is 13.2. The molecule has 0 radical (unpaired) electrons. The van der Waals surface area contributed by atoms with Crippen LogP contribution in [0.4, 0.5) is 5.69 Å². The van der Waals surface area contributed by atoms with E-state index < -0.39 is 0 Å². The van der Waals surface area contributed by atoms with E-state index in [1.807, 2.05) is 6.07 Å². The van der Waals surface area contributed by atoms with Gasteiger partial charge in [0.25, 0.3) is 0 Å². The highest BCUT2D eigenvalue weighted by Gasteiger charge is 2.24. The van der Waals surface area contributed by atoms with Gasteiger partial charge in [-0.1, -0.05) is 30.5 Å². The Labute approximate surface area is 121 Å². The van der Waals surface area contributed by atoms with Gasteiger partial charge < -0.3 is 10.2 Å². The molecule has 1 aromatic carbocycles. The molecule has 1 aromatic rings. The summed E-state index contributed by atoms with van der Waals surface area (Å²) in [6.45, 7) is 0.900. The van der Waals surface area contributed by atoms with E-state index in [4.69, 9.17) is 11.6 Å². The SMILES string of the molecule is CN(c1cccc(Cl)c1CNC1CC1)C1CCCC1. The van der Waals surface area contributed by atoms with Crippen LogP contribution in [0.3, 0.4) is 0 Å². The maximum Gasteiger partial charge on any atom is 0.0471 e. The molecule has 1 N–H and O–H groups in total. The van der Waals surface area contributed by atoms with Crippen LogP contribution >= 0.6 is 11.6 Å². The lowest BCUT2D eigenvalue weighted by Gasteiger charge is -2.29. The maximum atomic E-state index is 6.42. The summed E-state index contributed by atoms with van der Waals surface area (Å²) in [4.78, 5) is 2.45. The van der Waals surface area contributed by atoms with E-state index in [1.165, 1.54) is 49.8 Å². The van der Waals surface area contributed by atoms with Gasteiger partial charge in [0.1, 0.15) is 0 Å². The lowest BCUT2D eigenvalue weighted by molar-refractivity contribution is 0.641. The normalized spacial score (nSPS) is 19.9. The van der Waals surface area contributed by atoms with Crippen molar-refractivity contribution in [2.24, 2.45) is 0 Å². The monoisotopic (exact) mass is 278 g/mol. The second-order valence-corrected chi connectivity index (χ2v) is 6.35. The quantitative estimate of drug-likeness (QED) is 0.877. The highest BCUT2D eigenvalue weighted by Crippen LogP contribution is 2.33. The van der Waals surface area contributed by atoms with E-state index in [1.54, 1.807) is 0 Å². The molecule has 0 amide bonds. The van der Waals surface area contributed by atoms with Gasteiger partial charge in [-0.25, -0.2) is 0 Å². The van der Waals surface area contributed by atoms with Crippen molar-refractivity contribution < 1.29 is 0 Å². The number of hydrogen-bond acceptors (Lipinski definition) is 2. The molecule has 2 saturated carbocycles. The Morgan fingerprint density at radius 3 is 2.63 bits per heavy atom.